The number of rotatable bonds is 8. The summed E-state index contributed by atoms with van der Waals surface area (Å²) < 4.78 is 41.4. The van der Waals surface area contributed by atoms with Crippen LogP contribution >= 0.6 is 0 Å². The first-order valence-electron chi connectivity index (χ1n) is 12.1. The molecule has 0 unspecified atom stereocenters. The molecule has 1 heterocycles. The van der Waals surface area contributed by atoms with Crippen LogP contribution in [0.5, 0.6) is 0 Å². The SMILES string of the molecule is OC[C@H]1[C@@H](c2cccc(F)c2F)CO[C@@H]1COC(c1ccccc1)(c1ccccc1)c1ccccc1. The van der Waals surface area contributed by atoms with E-state index in [-0.39, 0.29) is 25.4 Å². The second-order valence-electron chi connectivity index (χ2n) is 9.06. The molecule has 0 amide bonds. The van der Waals surface area contributed by atoms with Gasteiger partial charge >= 0.3 is 0 Å². The summed E-state index contributed by atoms with van der Waals surface area (Å²) in [4.78, 5) is 0. The Bertz CT molecular complexity index is 1170. The number of aliphatic hydroxyl groups is 1. The Morgan fingerprint density at radius 3 is 1.78 bits per heavy atom. The topological polar surface area (TPSA) is 38.7 Å². The van der Waals surface area contributed by atoms with Crippen LogP contribution in [0.2, 0.25) is 0 Å². The maximum Gasteiger partial charge on any atom is 0.162 e. The van der Waals surface area contributed by atoms with Crippen molar-refractivity contribution in [2.75, 3.05) is 19.8 Å². The predicted octanol–water partition coefficient (Wildman–Crippen LogP) is 6.06. The van der Waals surface area contributed by atoms with Gasteiger partial charge in [0.15, 0.2) is 11.6 Å². The van der Waals surface area contributed by atoms with E-state index in [4.69, 9.17) is 9.47 Å². The lowest BCUT2D eigenvalue weighted by Gasteiger charge is -2.37. The zero-order chi connectivity index (χ0) is 25.0. The molecule has 4 aromatic carbocycles. The average molecular weight is 487 g/mol. The summed E-state index contributed by atoms with van der Waals surface area (Å²) in [7, 11) is 0. The molecule has 0 saturated carbocycles. The third-order valence-electron chi connectivity index (χ3n) is 7.08. The fraction of sp³-hybridized carbons (Fsp3) is 0.226. The number of hydrogen-bond acceptors (Lipinski definition) is 3. The summed E-state index contributed by atoms with van der Waals surface area (Å²) in [6.07, 6.45) is -0.502. The fourth-order valence-electron chi connectivity index (χ4n) is 5.25. The van der Waals surface area contributed by atoms with Crippen molar-refractivity contribution >= 4 is 0 Å². The molecule has 0 aromatic heterocycles. The van der Waals surface area contributed by atoms with Gasteiger partial charge in [0, 0.05) is 18.4 Å². The van der Waals surface area contributed by atoms with Gasteiger partial charge in [-0.3, -0.25) is 0 Å². The zero-order valence-corrected chi connectivity index (χ0v) is 19.8. The molecule has 1 aliphatic heterocycles. The van der Waals surface area contributed by atoms with Crippen LogP contribution in [-0.4, -0.2) is 31.0 Å². The second-order valence-corrected chi connectivity index (χ2v) is 9.06. The molecule has 36 heavy (non-hydrogen) atoms. The van der Waals surface area contributed by atoms with Crippen LogP contribution in [-0.2, 0) is 15.1 Å². The highest BCUT2D eigenvalue weighted by Crippen LogP contribution is 2.43. The van der Waals surface area contributed by atoms with Gasteiger partial charge in [0.1, 0.15) is 5.60 Å². The minimum absolute atomic E-state index is 0.150. The van der Waals surface area contributed by atoms with E-state index in [1.807, 2.05) is 91.0 Å². The Hall–Kier alpha value is -3.38. The minimum atomic E-state index is -0.935. The monoisotopic (exact) mass is 486 g/mol. The molecular formula is C31H28F2O3. The third kappa shape index (κ3) is 4.46. The lowest BCUT2D eigenvalue weighted by molar-refractivity contribution is -0.0600. The summed E-state index contributed by atoms with van der Waals surface area (Å²) in [6, 6.07) is 34.1. The van der Waals surface area contributed by atoms with Gasteiger partial charge in [0.25, 0.3) is 0 Å². The molecule has 0 spiro atoms. The molecule has 1 N–H and O–H groups in total. The van der Waals surface area contributed by atoms with Gasteiger partial charge in [0.2, 0.25) is 0 Å². The lowest BCUT2D eigenvalue weighted by atomic mass is 9.80. The summed E-state index contributed by atoms with van der Waals surface area (Å²) in [5, 5.41) is 10.3. The van der Waals surface area contributed by atoms with Gasteiger partial charge in [-0.1, -0.05) is 103 Å². The van der Waals surface area contributed by atoms with E-state index in [2.05, 4.69) is 0 Å². The largest absolute Gasteiger partial charge is 0.396 e. The molecule has 0 bridgehead atoms. The molecule has 4 aromatic rings. The van der Waals surface area contributed by atoms with Gasteiger partial charge in [-0.05, 0) is 28.3 Å². The first-order chi connectivity index (χ1) is 17.6. The van der Waals surface area contributed by atoms with Crippen molar-refractivity contribution in [3.05, 3.63) is 143 Å². The van der Waals surface area contributed by atoms with Crippen molar-refractivity contribution < 1.29 is 23.4 Å². The lowest BCUT2D eigenvalue weighted by Crippen LogP contribution is -2.38. The molecule has 5 heteroatoms. The predicted molar refractivity (Wildman–Crippen MR) is 135 cm³/mol. The van der Waals surface area contributed by atoms with Crippen LogP contribution in [0.1, 0.15) is 28.2 Å². The van der Waals surface area contributed by atoms with Gasteiger partial charge in [-0.2, -0.15) is 0 Å². The van der Waals surface area contributed by atoms with Crippen LogP contribution in [0.4, 0.5) is 8.78 Å². The minimum Gasteiger partial charge on any atom is -0.396 e. The molecule has 1 saturated heterocycles. The van der Waals surface area contributed by atoms with Crippen molar-refractivity contribution in [2.24, 2.45) is 5.92 Å². The number of hydrogen-bond donors (Lipinski definition) is 1. The van der Waals surface area contributed by atoms with Gasteiger partial charge in [-0.15, -0.1) is 0 Å². The highest BCUT2D eigenvalue weighted by molar-refractivity contribution is 5.47. The molecule has 0 aliphatic carbocycles. The third-order valence-corrected chi connectivity index (χ3v) is 7.08. The smallest absolute Gasteiger partial charge is 0.162 e. The zero-order valence-electron chi connectivity index (χ0n) is 19.8. The fourth-order valence-corrected chi connectivity index (χ4v) is 5.25. The molecule has 0 radical (unpaired) electrons. The Morgan fingerprint density at radius 1 is 0.750 bits per heavy atom. The first kappa shape index (κ1) is 24.3. The van der Waals surface area contributed by atoms with Crippen molar-refractivity contribution in [3.8, 4) is 0 Å². The van der Waals surface area contributed by atoms with E-state index in [1.54, 1.807) is 6.07 Å². The summed E-state index contributed by atoms with van der Waals surface area (Å²) in [6.45, 7) is 0.0929. The molecule has 1 fully saturated rings. The van der Waals surface area contributed by atoms with E-state index in [0.717, 1.165) is 22.8 Å². The van der Waals surface area contributed by atoms with Gasteiger partial charge in [-0.25, -0.2) is 8.78 Å². The van der Waals surface area contributed by atoms with E-state index < -0.39 is 35.2 Å². The van der Waals surface area contributed by atoms with Gasteiger partial charge < -0.3 is 14.6 Å². The number of ether oxygens (including phenoxy) is 2. The molecular weight excluding hydrogens is 458 g/mol. The Morgan fingerprint density at radius 2 is 1.28 bits per heavy atom. The number of halogens is 2. The molecule has 1 aliphatic rings. The van der Waals surface area contributed by atoms with Crippen LogP contribution in [0, 0.1) is 17.6 Å². The van der Waals surface area contributed by atoms with Crippen LogP contribution in [0.3, 0.4) is 0 Å². The molecule has 184 valence electrons. The maximum atomic E-state index is 14.6. The van der Waals surface area contributed by atoms with E-state index in [9.17, 15) is 13.9 Å². The van der Waals surface area contributed by atoms with Crippen molar-refractivity contribution in [1.29, 1.82) is 0 Å². The van der Waals surface area contributed by atoms with Gasteiger partial charge in [0.05, 0.1) is 19.3 Å². The Kier molecular flexibility index (Phi) is 7.23. The van der Waals surface area contributed by atoms with Crippen molar-refractivity contribution in [1.82, 2.24) is 0 Å². The van der Waals surface area contributed by atoms with E-state index >= 15 is 0 Å². The van der Waals surface area contributed by atoms with Crippen LogP contribution in [0.25, 0.3) is 0 Å². The van der Waals surface area contributed by atoms with Crippen LogP contribution < -0.4 is 0 Å². The van der Waals surface area contributed by atoms with Crippen molar-refractivity contribution in [3.63, 3.8) is 0 Å². The number of aliphatic hydroxyl groups excluding tert-OH is 1. The molecule has 3 nitrogen and oxygen atoms in total. The number of benzene rings is 4. The molecule has 3 atom stereocenters. The Labute approximate surface area is 210 Å². The maximum absolute atomic E-state index is 14.6. The van der Waals surface area contributed by atoms with E-state index in [0.29, 0.717) is 0 Å². The van der Waals surface area contributed by atoms with Crippen molar-refractivity contribution in [2.45, 2.75) is 17.6 Å². The standard InChI is InChI=1S/C31H28F2O3/c32-28-18-10-17-25(30(28)33)27-20-35-29(26(27)19-34)21-36-31(22-11-4-1-5-12-22,23-13-6-2-7-14-23)24-15-8-3-9-16-24/h1-18,26-27,29,34H,19-21H2/t26-,27+,29+/m0/s1. The molecule has 5 rings (SSSR count). The Balaban J connectivity index is 1.52. The average Bonchev–Trinajstić information content (AvgIpc) is 3.35. The second kappa shape index (κ2) is 10.7. The van der Waals surface area contributed by atoms with Crippen LogP contribution in [0.15, 0.2) is 109 Å². The quantitative estimate of drug-likeness (QED) is 0.308. The highest BCUT2D eigenvalue weighted by atomic mass is 19.2. The summed E-state index contributed by atoms with van der Waals surface area (Å²) in [5.41, 5.74) is 2.14. The summed E-state index contributed by atoms with van der Waals surface area (Å²) >= 11 is 0. The summed E-state index contributed by atoms with van der Waals surface area (Å²) in [5.74, 6) is -2.71. The highest BCUT2D eigenvalue weighted by Gasteiger charge is 2.43. The first-order valence-corrected chi connectivity index (χ1v) is 12.1. The normalized spacial score (nSPS) is 19.9. The van der Waals surface area contributed by atoms with E-state index in [1.165, 1.54) is 6.07 Å².